The van der Waals surface area contributed by atoms with Crippen LogP contribution >= 0.6 is 0 Å². The van der Waals surface area contributed by atoms with Crippen molar-refractivity contribution >= 4 is 11.8 Å². The van der Waals surface area contributed by atoms with Gasteiger partial charge >= 0.3 is 0 Å². The van der Waals surface area contributed by atoms with Crippen LogP contribution in [-0.2, 0) is 18.3 Å². The van der Waals surface area contributed by atoms with Crippen LogP contribution in [-0.4, -0.2) is 55.4 Å². The standard InChI is InChI=1S/C21H24N6O2/c1-25-15-17(14-23-25)21(29)24-18-7-11-26(12-8-18)20(28)13-16-3-5-19(6-4-16)27-10-2-9-22-27/h2-6,9-10,14-15,18H,7-8,11-13H2,1H3,(H,24,29). The fraction of sp³-hybridized carbons (Fsp3) is 0.333. The molecule has 3 heterocycles. The Morgan fingerprint density at radius 1 is 1.14 bits per heavy atom. The fourth-order valence-corrected chi connectivity index (χ4v) is 3.55. The number of aryl methyl sites for hydroxylation is 1. The van der Waals surface area contributed by atoms with Crippen molar-refractivity contribution in [3.63, 3.8) is 0 Å². The zero-order valence-electron chi connectivity index (χ0n) is 16.4. The van der Waals surface area contributed by atoms with Crippen molar-refractivity contribution in [2.75, 3.05) is 13.1 Å². The molecule has 1 fully saturated rings. The number of nitrogens with zero attached hydrogens (tertiary/aromatic N) is 5. The minimum absolute atomic E-state index is 0.0834. The summed E-state index contributed by atoms with van der Waals surface area (Å²) >= 11 is 0. The lowest BCUT2D eigenvalue weighted by atomic mass is 10.0. The van der Waals surface area contributed by atoms with Gasteiger partial charge in [0.1, 0.15) is 0 Å². The Bertz CT molecular complexity index is 969. The lowest BCUT2D eigenvalue weighted by molar-refractivity contribution is -0.131. The summed E-state index contributed by atoms with van der Waals surface area (Å²) < 4.78 is 3.40. The quantitative estimate of drug-likeness (QED) is 0.714. The first-order valence-electron chi connectivity index (χ1n) is 9.75. The summed E-state index contributed by atoms with van der Waals surface area (Å²) in [6.45, 7) is 1.31. The average Bonchev–Trinajstić information content (AvgIpc) is 3.41. The van der Waals surface area contributed by atoms with Gasteiger partial charge in [-0.15, -0.1) is 0 Å². The van der Waals surface area contributed by atoms with E-state index in [-0.39, 0.29) is 17.9 Å². The monoisotopic (exact) mass is 392 g/mol. The second-order valence-corrected chi connectivity index (χ2v) is 7.33. The predicted molar refractivity (Wildman–Crippen MR) is 108 cm³/mol. The molecule has 2 amide bonds. The number of nitrogens with one attached hydrogen (secondary N) is 1. The summed E-state index contributed by atoms with van der Waals surface area (Å²) in [6.07, 6.45) is 8.78. The minimum Gasteiger partial charge on any atom is -0.349 e. The predicted octanol–water partition coefficient (Wildman–Crippen LogP) is 1.57. The first-order valence-corrected chi connectivity index (χ1v) is 9.75. The molecule has 1 N–H and O–H groups in total. The maximum atomic E-state index is 12.6. The third-order valence-electron chi connectivity index (χ3n) is 5.21. The minimum atomic E-state index is -0.111. The summed E-state index contributed by atoms with van der Waals surface area (Å²) in [4.78, 5) is 26.8. The van der Waals surface area contributed by atoms with Crippen molar-refractivity contribution in [3.8, 4) is 5.69 Å². The van der Waals surface area contributed by atoms with Crippen LogP contribution in [0.4, 0.5) is 0 Å². The van der Waals surface area contributed by atoms with Gasteiger partial charge in [-0.2, -0.15) is 10.2 Å². The molecule has 2 aromatic heterocycles. The van der Waals surface area contributed by atoms with Crippen LogP contribution in [0.3, 0.4) is 0 Å². The molecule has 0 unspecified atom stereocenters. The molecule has 1 aliphatic rings. The molecule has 0 atom stereocenters. The molecule has 29 heavy (non-hydrogen) atoms. The molecule has 1 saturated heterocycles. The Morgan fingerprint density at radius 3 is 2.52 bits per heavy atom. The number of carbonyl (C=O) groups is 2. The lowest BCUT2D eigenvalue weighted by Gasteiger charge is -2.32. The fourth-order valence-electron chi connectivity index (χ4n) is 3.55. The van der Waals surface area contributed by atoms with E-state index in [0.717, 1.165) is 24.1 Å². The number of rotatable bonds is 5. The topological polar surface area (TPSA) is 85.0 Å². The van der Waals surface area contributed by atoms with E-state index in [9.17, 15) is 9.59 Å². The van der Waals surface area contributed by atoms with Gasteiger partial charge < -0.3 is 10.2 Å². The lowest BCUT2D eigenvalue weighted by Crippen LogP contribution is -2.46. The van der Waals surface area contributed by atoms with E-state index in [1.807, 2.05) is 41.4 Å². The Morgan fingerprint density at radius 2 is 1.90 bits per heavy atom. The molecule has 8 nitrogen and oxygen atoms in total. The van der Waals surface area contributed by atoms with E-state index in [4.69, 9.17) is 0 Å². The van der Waals surface area contributed by atoms with Crippen LogP contribution in [0, 0.1) is 0 Å². The maximum absolute atomic E-state index is 12.6. The number of aromatic nitrogens is 4. The molecule has 0 bridgehead atoms. The number of hydrogen-bond acceptors (Lipinski definition) is 4. The highest BCUT2D eigenvalue weighted by atomic mass is 16.2. The summed E-state index contributed by atoms with van der Waals surface area (Å²) in [5.74, 6) is 0.00835. The van der Waals surface area contributed by atoms with Gasteiger partial charge in [0.05, 0.1) is 23.9 Å². The van der Waals surface area contributed by atoms with Gasteiger partial charge in [0.2, 0.25) is 5.91 Å². The molecular formula is C21H24N6O2. The van der Waals surface area contributed by atoms with Crippen LogP contribution < -0.4 is 5.32 Å². The van der Waals surface area contributed by atoms with E-state index >= 15 is 0 Å². The third kappa shape index (κ3) is 4.53. The van der Waals surface area contributed by atoms with Crippen LogP contribution in [0.1, 0.15) is 28.8 Å². The van der Waals surface area contributed by atoms with Gasteiger partial charge in [0.15, 0.2) is 0 Å². The van der Waals surface area contributed by atoms with Crippen LogP contribution in [0.25, 0.3) is 5.69 Å². The van der Waals surface area contributed by atoms with Gasteiger partial charge in [0.25, 0.3) is 5.91 Å². The summed E-state index contributed by atoms with van der Waals surface area (Å²) in [6, 6.07) is 9.83. The molecule has 8 heteroatoms. The Labute approximate surface area is 169 Å². The van der Waals surface area contributed by atoms with Crippen molar-refractivity contribution < 1.29 is 9.59 Å². The second-order valence-electron chi connectivity index (χ2n) is 7.33. The highest BCUT2D eigenvalue weighted by Crippen LogP contribution is 2.15. The van der Waals surface area contributed by atoms with E-state index < -0.39 is 0 Å². The molecule has 0 radical (unpaired) electrons. The number of likely N-dealkylation sites (tertiary alicyclic amines) is 1. The van der Waals surface area contributed by atoms with Gasteiger partial charge in [-0.1, -0.05) is 12.1 Å². The van der Waals surface area contributed by atoms with Gasteiger partial charge in [-0.25, -0.2) is 4.68 Å². The maximum Gasteiger partial charge on any atom is 0.254 e. The van der Waals surface area contributed by atoms with Crippen LogP contribution in [0.15, 0.2) is 55.1 Å². The highest BCUT2D eigenvalue weighted by Gasteiger charge is 2.24. The van der Waals surface area contributed by atoms with E-state index in [0.29, 0.717) is 25.1 Å². The largest absolute Gasteiger partial charge is 0.349 e. The third-order valence-corrected chi connectivity index (χ3v) is 5.21. The first-order chi connectivity index (χ1) is 14.1. The average molecular weight is 392 g/mol. The van der Waals surface area contributed by atoms with Crippen LogP contribution in [0.5, 0.6) is 0 Å². The molecule has 0 spiro atoms. The first kappa shape index (κ1) is 18.9. The summed E-state index contributed by atoms with van der Waals surface area (Å²) in [5.41, 5.74) is 2.51. The van der Waals surface area contributed by atoms with Crippen LogP contribution in [0.2, 0.25) is 0 Å². The SMILES string of the molecule is Cn1cc(C(=O)NC2CCN(C(=O)Cc3ccc(-n4cccn4)cc3)CC2)cn1. The zero-order chi connectivity index (χ0) is 20.2. The smallest absolute Gasteiger partial charge is 0.254 e. The highest BCUT2D eigenvalue weighted by molar-refractivity contribution is 5.93. The number of piperidine rings is 1. The van der Waals surface area contributed by atoms with Crippen molar-refractivity contribution in [3.05, 3.63) is 66.2 Å². The number of carbonyl (C=O) groups excluding carboxylic acids is 2. The van der Waals surface area contributed by atoms with E-state index in [1.54, 1.807) is 35.0 Å². The van der Waals surface area contributed by atoms with Crippen molar-refractivity contribution in [2.24, 2.45) is 7.05 Å². The Balaban J connectivity index is 1.26. The van der Waals surface area contributed by atoms with Gasteiger partial charge in [0, 0.05) is 44.8 Å². The van der Waals surface area contributed by atoms with Gasteiger partial charge in [-0.05, 0) is 36.6 Å². The van der Waals surface area contributed by atoms with Crippen molar-refractivity contribution in [1.82, 2.24) is 29.8 Å². The van der Waals surface area contributed by atoms with E-state index in [2.05, 4.69) is 15.5 Å². The Kier molecular flexibility index (Phi) is 5.41. The number of benzene rings is 1. The van der Waals surface area contributed by atoms with Crippen molar-refractivity contribution in [2.45, 2.75) is 25.3 Å². The normalized spacial score (nSPS) is 14.7. The molecule has 3 aromatic rings. The molecular weight excluding hydrogens is 368 g/mol. The van der Waals surface area contributed by atoms with Gasteiger partial charge in [-0.3, -0.25) is 14.3 Å². The zero-order valence-corrected chi connectivity index (χ0v) is 16.4. The molecule has 150 valence electrons. The molecule has 0 saturated carbocycles. The van der Waals surface area contributed by atoms with E-state index in [1.165, 1.54) is 0 Å². The molecule has 1 aliphatic heterocycles. The molecule has 4 rings (SSSR count). The summed E-state index contributed by atoms with van der Waals surface area (Å²) in [5, 5.41) is 11.3. The summed E-state index contributed by atoms with van der Waals surface area (Å²) in [7, 11) is 1.78. The molecule has 0 aliphatic carbocycles. The number of hydrogen-bond donors (Lipinski definition) is 1. The number of amides is 2. The Hall–Kier alpha value is -3.42. The van der Waals surface area contributed by atoms with Crippen molar-refractivity contribution in [1.29, 1.82) is 0 Å². The molecule has 1 aromatic carbocycles. The second kappa shape index (κ2) is 8.30.